The third kappa shape index (κ3) is 5.11. The molecule has 0 aliphatic rings. The molecule has 19 heavy (non-hydrogen) atoms. The maximum absolute atomic E-state index is 11.5. The molecule has 0 atom stereocenters. The van der Waals surface area contributed by atoms with Gasteiger partial charge in [-0.3, -0.25) is 15.1 Å². The molecule has 0 unspecified atom stereocenters. The summed E-state index contributed by atoms with van der Waals surface area (Å²) in [5.41, 5.74) is 0.655. The predicted octanol–water partition coefficient (Wildman–Crippen LogP) is -0.212. The second kappa shape index (κ2) is 7.04. The smallest absolute Gasteiger partial charge is 0.359 e. The zero-order chi connectivity index (χ0) is 14.3. The molecule has 0 saturated heterocycles. The van der Waals surface area contributed by atoms with E-state index in [2.05, 4.69) is 20.0 Å². The van der Waals surface area contributed by atoms with E-state index in [9.17, 15) is 14.4 Å². The fourth-order valence-electron chi connectivity index (χ4n) is 1.07. The number of hydrogen-bond acceptors (Lipinski definition) is 6. The Labute approximate surface area is 109 Å². The maximum atomic E-state index is 11.5. The van der Waals surface area contributed by atoms with Crippen molar-refractivity contribution in [1.29, 1.82) is 0 Å². The van der Waals surface area contributed by atoms with Crippen LogP contribution in [0.25, 0.3) is 0 Å². The molecule has 2 N–H and O–H groups in total. The van der Waals surface area contributed by atoms with Crippen LogP contribution in [-0.2, 0) is 9.53 Å². The van der Waals surface area contributed by atoms with Gasteiger partial charge in [-0.15, -0.1) is 0 Å². The molecule has 0 saturated carbocycles. The lowest BCUT2D eigenvalue weighted by Crippen LogP contribution is -2.41. The third-order valence-corrected chi connectivity index (χ3v) is 1.91. The Morgan fingerprint density at radius 1 is 1.26 bits per heavy atom. The van der Waals surface area contributed by atoms with Gasteiger partial charge in [-0.25, -0.2) is 14.6 Å². The molecule has 0 aliphatic heterocycles. The van der Waals surface area contributed by atoms with Gasteiger partial charge in [0.15, 0.2) is 12.3 Å². The van der Waals surface area contributed by atoms with Crippen LogP contribution < -0.4 is 10.6 Å². The van der Waals surface area contributed by atoms with E-state index in [0.29, 0.717) is 12.2 Å². The number of ether oxygens (including phenoxy) is 1. The minimum absolute atomic E-state index is 0.00332. The Morgan fingerprint density at radius 3 is 2.58 bits per heavy atom. The molecule has 1 aromatic heterocycles. The van der Waals surface area contributed by atoms with Gasteiger partial charge in [0.05, 0.1) is 11.9 Å². The number of nitrogens with one attached hydrogen (secondary N) is 2. The highest BCUT2D eigenvalue weighted by Gasteiger charge is 2.13. The molecule has 8 heteroatoms. The van der Waals surface area contributed by atoms with Crippen LogP contribution in [0.2, 0.25) is 0 Å². The number of amides is 3. The SMILES string of the molecule is CCNC(=O)NC(=O)COC(=O)c1cnc(C)cn1. The highest BCUT2D eigenvalue weighted by atomic mass is 16.5. The van der Waals surface area contributed by atoms with Crippen LogP contribution in [0.15, 0.2) is 12.4 Å². The van der Waals surface area contributed by atoms with Crippen molar-refractivity contribution in [2.45, 2.75) is 13.8 Å². The van der Waals surface area contributed by atoms with Crippen LogP contribution in [0.3, 0.4) is 0 Å². The number of hydrogen-bond donors (Lipinski definition) is 2. The molecule has 8 nitrogen and oxygen atoms in total. The predicted molar refractivity (Wildman–Crippen MR) is 64.3 cm³/mol. The fraction of sp³-hybridized carbons (Fsp3) is 0.364. The summed E-state index contributed by atoms with van der Waals surface area (Å²) in [6, 6.07) is -0.640. The first-order valence-electron chi connectivity index (χ1n) is 5.56. The quantitative estimate of drug-likeness (QED) is 0.729. The average molecular weight is 266 g/mol. The van der Waals surface area contributed by atoms with E-state index in [1.807, 2.05) is 5.32 Å². The summed E-state index contributed by atoms with van der Waals surface area (Å²) in [6.45, 7) is 3.26. The lowest BCUT2D eigenvalue weighted by atomic mass is 10.4. The van der Waals surface area contributed by atoms with E-state index in [1.54, 1.807) is 13.8 Å². The van der Waals surface area contributed by atoms with E-state index in [0.717, 1.165) is 0 Å². The van der Waals surface area contributed by atoms with Gasteiger partial charge in [-0.1, -0.05) is 0 Å². The molecule has 102 valence electrons. The molecule has 0 aromatic carbocycles. The van der Waals surface area contributed by atoms with Crippen LogP contribution >= 0.6 is 0 Å². The molecular weight excluding hydrogens is 252 g/mol. The van der Waals surface area contributed by atoms with Crippen molar-refractivity contribution in [3.05, 3.63) is 23.8 Å². The van der Waals surface area contributed by atoms with Crippen molar-refractivity contribution < 1.29 is 19.1 Å². The molecule has 1 rings (SSSR count). The second-order valence-corrected chi connectivity index (χ2v) is 3.53. The normalized spacial score (nSPS) is 9.58. The van der Waals surface area contributed by atoms with Crippen molar-refractivity contribution >= 4 is 17.9 Å². The molecule has 0 fully saturated rings. The third-order valence-electron chi connectivity index (χ3n) is 1.91. The Kier molecular flexibility index (Phi) is 5.39. The first-order chi connectivity index (χ1) is 9.02. The summed E-state index contributed by atoms with van der Waals surface area (Å²) in [4.78, 5) is 41.4. The van der Waals surface area contributed by atoms with Crippen molar-refractivity contribution in [1.82, 2.24) is 20.6 Å². The first-order valence-corrected chi connectivity index (χ1v) is 5.56. The van der Waals surface area contributed by atoms with Gasteiger partial charge in [0, 0.05) is 12.7 Å². The molecular formula is C11H14N4O4. The summed E-state index contributed by atoms with van der Waals surface area (Å²) in [7, 11) is 0. The highest BCUT2D eigenvalue weighted by molar-refractivity contribution is 5.96. The summed E-state index contributed by atoms with van der Waals surface area (Å²) >= 11 is 0. The topological polar surface area (TPSA) is 110 Å². The molecule has 3 amide bonds. The number of aryl methyl sites for hydroxylation is 1. The Morgan fingerprint density at radius 2 is 2.00 bits per heavy atom. The number of rotatable bonds is 4. The Hall–Kier alpha value is -2.51. The summed E-state index contributed by atoms with van der Waals surface area (Å²) in [6.07, 6.45) is 2.66. The molecule has 0 aliphatic carbocycles. The molecule has 1 aromatic rings. The summed E-state index contributed by atoms with van der Waals surface area (Å²) in [5.74, 6) is -1.50. The number of nitrogens with zero attached hydrogens (tertiary/aromatic N) is 2. The zero-order valence-corrected chi connectivity index (χ0v) is 10.6. The Bertz CT molecular complexity index is 472. The van der Waals surface area contributed by atoms with Gasteiger partial charge < -0.3 is 10.1 Å². The average Bonchev–Trinajstić information content (AvgIpc) is 2.37. The van der Waals surface area contributed by atoms with Crippen LogP contribution in [0.1, 0.15) is 23.1 Å². The number of carbonyl (C=O) groups is 3. The second-order valence-electron chi connectivity index (χ2n) is 3.53. The van der Waals surface area contributed by atoms with Gasteiger partial charge in [-0.2, -0.15) is 0 Å². The van der Waals surface area contributed by atoms with Crippen molar-refractivity contribution in [3.8, 4) is 0 Å². The van der Waals surface area contributed by atoms with E-state index < -0.39 is 24.5 Å². The fourth-order valence-corrected chi connectivity index (χ4v) is 1.07. The van der Waals surface area contributed by atoms with E-state index in [4.69, 9.17) is 0 Å². The summed E-state index contributed by atoms with van der Waals surface area (Å²) in [5, 5.41) is 4.36. The zero-order valence-electron chi connectivity index (χ0n) is 10.6. The highest BCUT2D eigenvalue weighted by Crippen LogP contribution is 1.96. The van der Waals surface area contributed by atoms with Crippen LogP contribution in [-0.4, -0.2) is 41.0 Å². The van der Waals surface area contributed by atoms with Gasteiger partial charge in [0.25, 0.3) is 5.91 Å². The van der Waals surface area contributed by atoms with E-state index >= 15 is 0 Å². The number of aromatic nitrogens is 2. The van der Waals surface area contributed by atoms with Gasteiger partial charge in [0.1, 0.15) is 0 Å². The maximum Gasteiger partial charge on any atom is 0.359 e. The summed E-state index contributed by atoms with van der Waals surface area (Å²) < 4.78 is 4.68. The van der Waals surface area contributed by atoms with E-state index in [-0.39, 0.29) is 5.69 Å². The van der Waals surface area contributed by atoms with Gasteiger partial charge in [0.2, 0.25) is 0 Å². The molecule has 0 radical (unpaired) electrons. The van der Waals surface area contributed by atoms with Crippen LogP contribution in [0, 0.1) is 6.92 Å². The van der Waals surface area contributed by atoms with Gasteiger partial charge >= 0.3 is 12.0 Å². The first kappa shape index (κ1) is 14.6. The van der Waals surface area contributed by atoms with Gasteiger partial charge in [-0.05, 0) is 13.8 Å². The number of urea groups is 1. The standard InChI is InChI=1S/C11H14N4O4/c1-3-12-11(18)15-9(16)6-19-10(17)8-5-13-7(2)4-14-8/h4-5H,3,6H2,1-2H3,(H2,12,15,16,18). The van der Waals surface area contributed by atoms with Crippen LogP contribution in [0.5, 0.6) is 0 Å². The largest absolute Gasteiger partial charge is 0.451 e. The number of esters is 1. The lowest BCUT2D eigenvalue weighted by Gasteiger charge is -2.05. The number of imide groups is 1. The minimum Gasteiger partial charge on any atom is -0.451 e. The lowest BCUT2D eigenvalue weighted by molar-refractivity contribution is -0.123. The van der Waals surface area contributed by atoms with Crippen LogP contribution in [0.4, 0.5) is 4.79 Å². The molecule has 0 bridgehead atoms. The molecule has 0 spiro atoms. The van der Waals surface area contributed by atoms with Crippen molar-refractivity contribution in [2.75, 3.05) is 13.2 Å². The van der Waals surface area contributed by atoms with Crippen molar-refractivity contribution in [3.63, 3.8) is 0 Å². The minimum atomic E-state index is -0.779. The number of carbonyl (C=O) groups excluding carboxylic acids is 3. The van der Waals surface area contributed by atoms with E-state index in [1.165, 1.54) is 12.4 Å². The monoisotopic (exact) mass is 266 g/mol. The van der Waals surface area contributed by atoms with Crippen molar-refractivity contribution in [2.24, 2.45) is 0 Å². The molecule has 1 heterocycles. The Balaban J connectivity index is 2.40.